The molecule has 36 heteroatoms. The molecule has 135 heavy (non-hydrogen) atoms. The number of aryl methyl sites for hydroxylation is 9. The molecule has 18 rings (SSSR count). The molecule has 0 amide bonds. The fourth-order valence-corrected chi connectivity index (χ4v) is 11.0. The van der Waals surface area contributed by atoms with Gasteiger partial charge >= 0.3 is 53.7 Å². The number of aromatic nitrogens is 18. The quantitative estimate of drug-likeness (QED) is 0.0341. The fraction of sp³-hybridized carbons (Fsp3) is 0.636. The molecule has 9 fully saturated rings. The van der Waals surface area contributed by atoms with Gasteiger partial charge in [-0.2, -0.15) is 0 Å². The number of ether oxygens (including phenoxy) is 9. The predicted octanol–water partition coefficient (Wildman–Crippen LogP) is 10.5. The van der Waals surface area contributed by atoms with E-state index in [1.54, 1.807) is 0 Å². The number of hydrogen-bond acceptors (Lipinski definition) is 27. The van der Waals surface area contributed by atoms with Crippen LogP contribution in [0.2, 0.25) is 0 Å². The molecule has 0 unspecified atom stereocenters. The summed E-state index contributed by atoms with van der Waals surface area (Å²) in [6.07, 6.45) is -27.0. The van der Waals surface area contributed by atoms with Gasteiger partial charge in [0.1, 0.15) is 0 Å². The molecule has 36 nitrogen and oxygen atoms in total. The van der Waals surface area contributed by atoms with Crippen LogP contribution in [0.5, 0.6) is 0 Å². The van der Waals surface area contributed by atoms with E-state index < -0.39 is 478 Å². The third-order valence-corrected chi connectivity index (χ3v) is 18.3. The molecule has 9 aliphatic heterocycles. The summed E-state index contributed by atoms with van der Waals surface area (Å²) >= 11 is 0. The van der Waals surface area contributed by atoms with Gasteiger partial charge < -0.3 is 83.7 Å². The first-order valence-corrected chi connectivity index (χ1v) is 38.1. The number of cyclic esters (lactones) is 9. The summed E-state index contributed by atoms with van der Waals surface area (Å²) in [5.41, 5.74) is -4.53. The zero-order valence-electron chi connectivity index (χ0n) is 163. The van der Waals surface area contributed by atoms with E-state index in [-0.39, 0.29) is 11.4 Å². The number of carbonyl (C=O) groups excluding carboxylic acids is 9. The maximum atomic E-state index is 12.3. The van der Waals surface area contributed by atoms with E-state index in [1.165, 1.54) is 42.9 Å². The molecule has 18 atom stereocenters. The number of nitrogens with zero attached hydrogens (tertiary/aromatic N) is 18. The number of carbonyl (C=O) groups is 9. The Morgan fingerprint density at radius 3 is 0.933 bits per heavy atom. The zero-order chi connectivity index (χ0) is 178. The molecule has 0 N–H and O–H groups in total. The Labute approximate surface area is 923 Å². The van der Waals surface area contributed by atoms with Crippen molar-refractivity contribution in [1.82, 2.24) is 86.0 Å². The van der Waals surface area contributed by atoms with Gasteiger partial charge in [0.25, 0.3) is 0 Å². The highest BCUT2D eigenvalue weighted by atomic mass is 16.6. The minimum Gasteiger partial charge on any atom is -0.465 e. The summed E-state index contributed by atoms with van der Waals surface area (Å²) in [5, 5.41) is 0. The van der Waals surface area contributed by atoms with Gasteiger partial charge in [0.15, 0.2) is 0 Å². The Hall–Kier alpha value is -11.9. The zero-order valence-corrected chi connectivity index (χ0v) is 70.1. The number of hydrogen-bond donors (Lipinski definition) is 0. The van der Waals surface area contributed by atoms with Crippen molar-refractivity contribution in [3.05, 3.63) is 164 Å². The molecular weight excluding hydrogens is 1730 g/mol. The molecule has 0 spiro atoms. The van der Waals surface area contributed by atoms with Gasteiger partial charge in [-0.3, -0.25) is 43.2 Å². The molecule has 9 aliphatic rings. The average Bonchev–Trinajstić information content (AvgIpc) is 1.49. The molecule has 0 radical (unpaired) electrons. The summed E-state index contributed by atoms with van der Waals surface area (Å²) in [5.74, 6) is -62.1. The van der Waals surface area contributed by atoms with Crippen LogP contribution < -0.4 is 0 Å². The minimum atomic E-state index is -3.80. The lowest BCUT2D eigenvalue weighted by molar-refractivity contribution is -0.142. The molecule has 0 bridgehead atoms. The summed E-state index contributed by atoms with van der Waals surface area (Å²) in [6.45, 7) is -65.8. The van der Waals surface area contributed by atoms with Crippen LogP contribution >= 0.6 is 0 Å². The van der Waals surface area contributed by atoms with E-state index in [1.807, 2.05) is 0 Å². The Morgan fingerprint density at radius 1 is 0.259 bits per heavy atom. The highest BCUT2D eigenvalue weighted by molar-refractivity contribution is 5.78. The van der Waals surface area contributed by atoms with Gasteiger partial charge in [0.2, 0.25) is 0 Å². The molecular formula is C99H144N18O18. The second-order valence-corrected chi connectivity index (χ2v) is 26.9. The van der Waals surface area contributed by atoms with Crippen molar-refractivity contribution in [2.45, 2.75) is 177 Å². The second kappa shape index (κ2) is 51.7. The average molecular weight is 1970 g/mol. The third-order valence-electron chi connectivity index (χ3n) is 18.3. The molecule has 18 heterocycles. The van der Waals surface area contributed by atoms with Crippen LogP contribution in [0.1, 0.15) is 298 Å². The Morgan fingerprint density at radius 2 is 0.504 bits per heavy atom. The normalized spacial score (nSPS) is 47.2. The highest BCUT2D eigenvalue weighted by Gasteiger charge is 2.43. The van der Waals surface area contributed by atoms with E-state index in [2.05, 4.69) is 82.8 Å². The van der Waals surface area contributed by atoms with Gasteiger partial charge in [-0.05, 0) is 115 Å². The topological polar surface area (TPSA) is 397 Å². The van der Waals surface area contributed by atoms with Crippen molar-refractivity contribution < 1.29 is 213 Å². The molecule has 9 aromatic heterocycles. The fourth-order valence-electron chi connectivity index (χ4n) is 11.0. The van der Waals surface area contributed by atoms with Crippen LogP contribution in [-0.2, 0) is 206 Å². The first-order valence-electron chi connectivity index (χ1n) is 84.6. The molecule has 9 aromatic rings. The van der Waals surface area contributed by atoms with Crippen molar-refractivity contribution in [1.29, 1.82) is 0 Å². The summed E-state index contributed by atoms with van der Waals surface area (Å²) in [6, 6.07) is 0. The van der Waals surface area contributed by atoms with Crippen LogP contribution in [0.15, 0.2) is 113 Å². The van der Waals surface area contributed by atoms with Gasteiger partial charge in [-0.1, -0.05) is 61.7 Å². The Bertz CT molecular complexity index is 9630. The van der Waals surface area contributed by atoms with Crippen molar-refractivity contribution in [2.75, 3.05) is 59.2 Å². The molecule has 0 saturated carbocycles. The van der Waals surface area contributed by atoms with Crippen LogP contribution in [-0.4, -0.2) is 199 Å². The van der Waals surface area contributed by atoms with Crippen LogP contribution in [0.4, 0.5) is 0 Å². The van der Waals surface area contributed by atoms with Gasteiger partial charge in [-0.25, -0.2) is 44.9 Å². The van der Waals surface area contributed by atoms with Crippen molar-refractivity contribution >= 4 is 53.7 Å². The first kappa shape index (κ1) is 36.2. The van der Waals surface area contributed by atoms with Crippen LogP contribution in [0.3, 0.4) is 0 Å². The van der Waals surface area contributed by atoms with Crippen molar-refractivity contribution in [3.8, 4) is 0 Å². The lowest BCUT2D eigenvalue weighted by Gasteiger charge is -2.12. The summed E-state index contributed by atoms with van der Waals surface area (Å²) in [4.78, 5) is 141. The lowest BCUT2D eigenvalue weighted by atomic mass is 9.89. The number of esters is 9. The molecule has 0 aromatic carbocycles. The molecule has 0 aliphatic carbocycles. The maximum absolute atomic E-state index is 12.3. The van der Waals surface area contributed by atoms with E-state index in [0.29, 0.717) is 27.4 Å². The second-order valence-electron chi connectivity index (χ2n) is 26.9. The van der Waals surface area contributed by atoms with Crippen LogP contribution in [0.25, 0.3) is 0 Å². The Balaban J connectivity index is 0.000000252. The molecule has 738 valence electrons. The van der Waals surface area contributed by atoms with Gasteiger partial charge in [-0.15, -0.1) is 0 Å². The third kappa shape index (κ3) is 28.4. The Kier molecular flexibility index (Phi) is 13.9. The smallest absolute Gasteiger partial charge is 0.309 e. The van der Waals surface area contributed by atoms with E-state index >= 15 is 0 Å². The largest absolute Gasteiger partial charge is 0.465 e. The monoisotopic (exact) mass is 1970 g/mol. The summed E-state index contributed by atoms with van der Waals surface area (Å²) in [7, 11) is 4.16. The lowest BCUT2D eigenvalue weighted by Crippen LogP contribution is -2.18. The van der Waals surface area contributed by atoms with E-state index in [9.17, 15) is 43.2 Å². The van der Waals surface area contributed by atoms with E-state index in [0.717, 1.165) is 105 Å². The van der Waals surface area contributed by atoms with E-state index in [4.69, 9.17) is 132 Å². The standard InChI is InChI=1S/9C11H16N2O2/c9*1-3-10-8(6-15-11(10)14)4-9-5-12-7-13(9)2/h9*5,7-8,10H,3-4,6H2,1-2H3/t9*8-,10-/m000000000/s1/i1D3,3D2,4D2,6D2,8D,10D;1D3,2D3,3D2,4D2,8D,10D;1D3,2D3,3D2,4D2,6D2,10D;1D3,4D2,6D2,8D,10D;1D3,2D3,4D2,8D,10D;1D3,2D3,4D2,6D2,10D;1D3,4D2,6D2,8D;1D3,2D3,4D2,8D;1D3,2D3,4D2,6D2. The predicted molar refractivity (Wildman–Crippen MR) is 496 cm³/mol. The minimum absolute atomic E-state index is 0.148. The SMILES string of the molecule is [2H]C([2H])([2H])C([2H])([2H])[C@]1([2H])C(=O)OC([2H])([2H])[C@]1([2H])C([2H])([2H])c1cncn1C.[2H]C([2H])([2H])C[C@@H]1C(=O)OC([2H])([2H])[C@@H]1C([2H])([2H])c1cncn1C([2H])([2H])[2H].[2H]C([2H])([2H])C[C@@H]1C(=O)OC([2H])([2H])[C@]1([2H])C([2H])([2H])c1cncn1C.[2H]C([2H])([2H])C[C@@H]1C(=O)OC[C@]1([2H])C([2H])([2H])c1cncn1C([2H])([2H])[2H].[2H]C([2H])([2H])C[C@]1([2H])C(=O)OC([2H])([2H])[C@@H]1C([2H])([2H])c1cncn1C([2H])([2H])[2H].[2H]C([2H])([2H])C[C@]1([2H])C(=O)OC([2H])([2H])[C@]1([2H])C([2H])([2H])c1cncn1C.[2H]C([2H])([2H])C[C@]1([2H])C(=O)OC[C@]1([2H])C([2H])([2H])c1cncn1C([2H])([2H])[2H].[2H]C([2H])([2H])n1cncc1C([2H])([2H])[C@@]1([2H])COC(=O)[C@@]1([2H])C([2H])([2H])C([2H])([2H])[2H].[2H]C1([2H])OC(=O)[C@@]([2H])(C([2H])([2H])C([2H])([2H])[2H])[C@H]1C([2H])([2H])c1cncn1C([2H])([2H])[2H]. The van der Waals surface area contributed by atoms with Gasteiger partial charge in [0, 0.05) is 334 Å². The number of imidazole rings is 9. The first-order chi connectivity index (χ1) is 101. The van der Waals surface area contributed by atoms with Gasteiger partial charge in [0.05, 0.1) is 186 Å². The number of rotatable bonds is 27. The summed E-state index contributed by atoms with van der Waals surface area (Å²) < 4.78 is 768. The highest BCUT2D eigenvalue weighted by Crippen LogP contribution is 2.36. The van der Waals surface area contributed by atoms with Crippen LogP contribution in [0, 0.1) is 106 Å². The van der Waals surface area contributed by atoms with Crippen molar-refractivity contribution in [3.63, 3.8) is 0 Å². The molecule has 9 saturated heterocycles. The van der Waals surface area contributed by atoms with Crippen molar-refractivity contribution in [2.24, 2.45) is 169 Å². The maximum Gasteiger partial charge on any atom is 0.309 e.